The van der Waals surface area contributed by atoms with Crippen LogP contribution in [0.25, 0.3) is 0 Å². The highest BCUT2D eigenvalue weighted by Crippen LogP contribution is 2.16. The smallest absolute Gasteiger partial charge is 0.194 e. The van der Waals surface area contributed by atoms with Crippen molar-refractivity contribution >= 4 is 0 Å². The lowest BCUT2D eigenvalue weighted by molar-refractivity contribution is 0.445. The molecular weight excluding hydrogens is 241 g/mol. The van der Waals surface area contributed by atoms with E-state index in [1.165, 1.54) is 0 Å². The van der Waals surface area contributed by atoms with Crippen LogP contribution in [0.15, 0.2) is 36.4 Å². The van der Waals surface area contributed by atoms with Crippen molar-refractivity contribution in [3.8, 4) is 5.75 Å². The molecule has 0 amide bonds. The van der Waals surface area contributed by atoms with E-state index < -0.39 is 17.5 Å². The fourth-order valence-corrected chi connectivity index (χ4v) is 1.70. The number of hydrogen-bond acceptors (Lipinski definition) is 1. The number of hydrogen-bond donors (Lipinski definition) is 1. The van der Waals surface area contributed by atoms with E-state index in [9.17, 15) is 13.2 Å². The molecule has 2 aromatic carbocycles. The molecule has 18 heavy (non-hydrogen) atoms. The van der Waals surface area contributed by atoms with Crippen molar-refractivity contribution in [3.63, 3.8) is 0 Å². The predicted octanol–water partition coefficient (Wildman–Crippen LogP) is 3.59. The van der Waals surface area contributed by atoms with Gasteiger partial charge in [-0.05, 0) is 48.2 Å². The van der Waals surface area contributed by atoms with Gasteiger partial charge in [0.2, 0.25) is 0 Å². The number of benzene rings is 2. The number of rotatable bonds is 3. The minimum absolute atomic E-state index is 0.164. The van der Waals surface area contributed by atoms with Gasteiger partial charge in [-0.3, -0.25) is 0 Å². The lowest BCUT2D eigenvalue weighted by Crippen LogP contribution is -1.97. The average molecular weight is 252 g/mol. The first-order valence-corrected chi connectivity index (χ1v) is 5.47. The highest BCUT2D eigenvalue weighted by Gasteiger charge is 2.10. The molecule has 0 atom stereocenters. The Balaban J connectivity index is 2.08. The molecular formula is C14H11F3O. The standard InChI is InChI=1S/C14H11F3O/c15-12-7-10(8-13(16)14(12)17)2-1-9-3-5-11(18)6-4-9/h3-8,18H,1-2H2. The Morgan fingerprint density at radius 3 is 1.83 bits per heavy atom. The summed E-state index contributed by atoms with van der Waals surface area (Å²) in [6, 6.07) is 8.54. The lowest BCUT2D eigenvalue weighted by Gasteiger charge is -2.04. The topological polar surface area (TPSA) is 20.2 Å². The fraction of sp³-hybridized carbons (Fsp3) is 0.143. The molecule has 1 N–H and O–H groups in total. The van der Waals surface area contributed by atoms with Gasteiger partial charge in [0.25, 0.3) is 0 Å². The van der Waals surface area contributed by atoms with Crippen molar-refractivity contribution in [1.82, 2.24) is 0 Å². The fourth-order valence-electron chi connectivity index (χ4n) is 1.70. The summed E-state index contributed by atoms with van der Waals surface area (Å²) in [4.78, 5) is 0. The summed E-state index contributed by atoms with van der Waals surface area (Å²) in [7, 11) is 0. The second-order valence-corrected chi connectivity index (χ2v) is 4.04. The zero-order valence-electron chi connectivity index (χ0n) is 9.46. The summed E-state index contributed by atoms with van der Waals surface area (Å²) >= 11 is 0. The Morgan fingerprint density at radius 1 is 0.778 bits per heavy atom. The van der Waals surface area contributed by atoms with Crippen LogP contribution in [0.5, 0.6) is 5.75 Å². The van der Waals surface area contributed by atoms with Crippen LogP contribution in [0.4, 0.5) is 13.2 Å². The van der Waals surface area contributed by atoms with E-state index in [0.29, 0.717) is 18.4 Å². The summed E-state index contributed by atoms with van der Waals surface area (Å²) in [5, 5.41) is 9.10. The summed E-state index contributed by atoms with van der Waals surface area (Å²) in [6.45, 7) is 0. The highest BCUT2D eigenvalue weighted by molar-refractivity contribution is 5.27. The van der Waals surface area contributed by atoms with Crippen LogP contribution in [0, 0.1) is 17.5 Å². The largest absolute Gasteiger partial charge is 0.508 e. The van der Waals surface area contributed by atoms with Crippen LogP contribution in [0.1, 0.15) is 11.1 Å². The molecule has 0 saturated heterocycles. The highest BCUT2D eigenvalue weighted by atomic mass is 19.2. The first-order chi connectivity index (χ1) is 8.56. The molecule has 2 rings (SSSR count). The van der Waals surface area contributed by atoms with Crippen molar-refractivity contribution in [3.05, 3.63) is 65.0 Å². The monoisotopic (exact) mass is 252 g/mol. The van der Waals surface area contributed by atoms with Crippen LogP contribution in [-0.2, 0) is 12.8 Å². The van der Waals surface area contributed by atoms with Gasteiger partial charge in [0.15, 0.2) is 17.5 Å². The average Bonchev–Trinajstić information content (AvgIpc) is 2.35. The van der Waals surface area contributed by atoms with E-state index in [1.807, 2.05) is 0 Å². The number of phenolic OH excluding ortho intramolecular Hbond substituents is 1. The molecule has 0 spiro atoms. The number of halogens is 3. The number of phenols is 1. The molecule has 0 aromatic heterocycles. The van der Waals surface area contributed by atoms with Crippen molar-refractivity contribution in [2.24, 2.45) is 0 Å². The Bertz CT molecular complexity index is 526. The van der Waals surface area contributed by atoms with E-state index in [1.54, 1.807) is 24.3 Å². The molecule has 0 fully saturated rings. The normalized spacial score (nSPS) is 10.6. The van der Waals surface area contributed by atoms with E-state index in [0.717, 1.165) is 17.7 Å². The lowest BCUT2D eigenvalue weighted by atomic mass is 10.0. The van der Waals surface area contributed by atoms with Crippen LogP contribution in [0.2, 0.25) is 0 Å². The van der Waals surface area contributed by atoms with Crippen LogP contribution in [0.3, 0.4) is 0 Å². The Morgan fingerprint density at radius 2 is 1.28 bits per heavy atom. The van der Waals surface area contributed by atoms with Crippen LogP contribution in [-0.4, -0.2) is 5.11 Å². The molecule has 0 aliphatic carbocycles. The maximum atomic E-state index is 13.0. The Kier molecular flexibility index (Phi) is 3.55. The zero-order valence-corrected chi connectivity index (χ0v) is 9.46. The predicted molar refractivity (Wildman–Crippen MR) is 61.8 cm³/mol. The molecule has 0 unspecified atom stereocenters. The minimum atomic E-state index is -1.44. The third-order valence-corrected chi connectivity index (χ3v) is 2.68. The molecule has 0 aliphatic rings. The van der Waals surface area contributed by atoms with E-state index in [-0.39, 0.29) is 5.75 Å². The third kappa shape index (κ3) is 2.83. The second kappa shape index (κ2) is 5.12. The SMILES string of the molecule is Oc1ccc(CCc2cc(F)c(F)c(F)c2)cc1. The Hall–Kier alpha value is -1.97. The van der Waals surface area contributed by atoms with Gasteiger partial charge in [-0.2, -0.15) is 0 Å². The van der Waals surface area contributed by atoms with Gasteiger partial charge in [0.1, 0.15) is 5.75 Å². The zero-order chi connectivity index (χ0) is 13.1. The maximum Gasteiger partial charge on any atom is 0.194 e. The molecule has 0 bridgehead atoms. The summed E-state index contributed by atoms with van der Waals surface area (Å²) in [5.41, 5.74) is 1.33. The summed E-state index contributed by atoms with van der Waals surface area (Å²) < 4.78 is 38.7. The molecule has 0 aliphatic heterocycles. The van der Waals surface area contributed by atoms with Gasteiger partial charge in [0.05, 0.1) is 0 Å². The Labute approximate surface area is 103 Å². The van der Waals surface area contributed by atoms with Gasteiger partial charge >= 0.3 is 0 Å². The van der Waals surface area contributed by atoms with Crippen LogP contribution < -0.4 is 0 Å². The molecule has 2 aromatic rings. The second-order valence-electron chi connectivity index (χ2n) is 4.04. The quantitative estimate of drug-likeness (QED) is 0.827. The van der Waals surface area contributed by atoms with E-state index in [2.05, 4.69) is 0 Å². The first-order valence-electron chi connectivity index (χ1n) is 5.47. The van der Waals surface area contributed by atoms with Gasteiger partial charge in [-0.1, -0.05) is 12.1 Å². The third-order valence-electron chi connectivity index (χ3n) is 2.68. The van der Waals surface area contributed by atoms with Crippen molar-refractivity contribution < 1.29 is 18.3 Å². The van der Waals surface area contributed by atoms with Crippen molar-refractivity contribution in [1.29, 1.82) is 0 Å². The first kappa shape index (κ1) is 12.5. The molecule has 0 heterocycles. The van der Waals surface area contributed by atoms with Crippen molar-refractivity contribution in [2.45, 2.75) is 12.8 Å². The summed E-state index contributed by atoms with van der Waals surface area (Å²) in [6.07, 6.45) is 0.962. The van der Waals surface area contributed by atoms with Crippen molar-refractivity contribution in [2.75, 3.05) is 0 Å². The number of aromatic hydroxyl groups is 1. The number of aryl methyl sites for hydroxylation is 2. The molecule has 4 heteroatoms. The van der Waals surface area contributed by atoms with E-state index >= 15 is 0 Å². The van der Waals surface area contributed by atoms with Gasteiger partial charge < -0.3 is 5.11 Å². The summed E-state index contributed by atoms with van der Waals surface area (Å²) in [5.74, 6) is -3.62. The van der Waals surface area contributed by atoms with Gasteiger partial charge in [-0.15, -0.1) is 0 Å². The van der Waals surface area contributed by atoms with Crippen LogP contribution >= 0.6 is 0 Å². The minimum Gasteiger partial charge on any atom is -0.508 e. The molecule has 0 saturated carbocycles. The molecule has 1 nitrogen and oxygen atoms in total. The molecule has 94 valence electrons. The maximum absolute atomic E-state index is 13.0. The molecule has 0 radical (unpaired) electrons. The van der Waals surface area contributed by atoms with Gasteiger partial charge in [-0.25, -0.2) is 13.2 Å². The van der Waals surface area contributed by atoms with Gasteiger partial charge in [0, 0.05) is 0 Å². The van der Waals surface area contributed by atoms with E-state index in [4.69, 9.17) is 5.11 Å².